The van der Waals surface area contributed by atoms with Crippen molar-refractivity contribution >= 4 is 33.7 Å². The lowest BCUT2D eigenvalue weighted by Crippen LogP contribution is -2.41. The first-order valence-corrected chi connectivity index (χ1v) is 8.41. The van der Waals surface area contributed by atoms with Crippen LogP contribution >= 0.6 is 27.7 Å². The maximum atomic E-state index is 4.26. The second-order valence-electron chi connectivity index (χ2n) is 4.39. The number of aliphatic imine (C=N–C) groups is 1. The quantitative estimate of drug-likeness (QED) is 0.635. The van der Waals surface area contributed by atoms with E-state index in [1.807, 2.05) is 23.9 Å². The number of hydrogen-bond acceptors (Lipinski definition) is 2. The van der Waals surface area contributed by atoms with Gasteiger partial charge in [0, 0.05) is 23.3 Å². The predicted molar refractivity (Wildman–Crippen MR) is 90.0 cm³/mol. The Bertz CT molecular complexity index is 423. The number of hydrogen-bond donors (Lipinski definition) is 2. The Labute approximate surface area is 128 Å². The number of rotatable bonds is 5. The first-order chi connectivity index (χ1) is 9.08. The van der Waals surface area contributed by atoms with Gasteiger partial charge in [-0.1, -0.05) is 41.1 Å². The van der Waals surface area contributed by atoms with E-state index in [0.717, 1.165) is 17.0 Å². The number of guanidine groups is 1. The molecule has 0 aliphatic carbocycles. The third-order valence-electron chi connectivity index (χ3n) is 2.91. The molecule has 0 aromatic heterocycles. The van der Waals surface area contributed by atoms with E-state index in [-0.39, 0.29) is 6.04 Å². The number of nitrogens with one attached hydrogen (secondary N) is 2. The second-order valence-corrected chi connectivity index (χ2v) is 6.52. The van der Waals surface area contributed by atoms with Crippen molar-refractivity contribution in [3.05, 3.63) is 34.3 Å². The molecule has 1 aromatic rings. The average molecular weight is 344 g/mol. The first-order valence-electron chi connectivity index (χ1n) is 6.32. The monoisotopic (exact) mass is 343 g/mol. The summed E-state index contributed by atoms with van der Waals surface area (Å²) >= 11 is 5.42. The van der Waals surface area contributed by atoms with E-state index in [1.54, 1.807) is 7.05 Å². The van der Waals surface area contributed by atoms with Crippen LogP contribution in [0.5, 0.6) is 0 Å². The standard InChI is InChI=1S/C14H22BrN3S/c1-10(19-4)9-17-14(16-3)18-11(2)12-7-5-6-8-13(12)15/h5-8,10-11H,9H2,1-4H3,(H2,16,17,18). The molecule has 0 aliphatic heterocycles. The van der Waals surface area contributed by atoms with Crippen molar-refractivity contribution in [1.82, 2.24) is 10.6 Å². The topological polar surface area (TPSA) is 36.4 Å². The molecule has 0 aliphatic rings. The molecule has 0 radical (unpaired) electrons. The lowest BCUT2D eigenvalue weighted by Gasteiger charge is -2.20. The minimum atomic E-state index is 0.200. The molecule has 0 heterocycles. The van der Waals surface area contributed by atoms with Crippen molar-refractivity contribution in [3.63, 3.8) is 0 Å². The highest BCUT2D eigenvalue weighted by molar-refractivity contribution is 9.10. The third kappa shape index (κ3) is 5.45. The van der Waals surface area contributed by atoms with E-state index in [1.165, 1.54) is 5.56 Å². The van der Waals surface area contributed by atoms with Crippen LogP contribution in [0.15, 0.2) is 33.7 Å². The summed E-state index contributed by atoms with van der Waals surface area (Å²) in [6.45, 7) is 5.23. The summed E-state index contributed by atoms with van der Waals surface area (Å²) in [5.41, 5.74) is 1.23. The molecular formula is C14H22BrN3S. The molecule has 1 rings (SSSR count). The van der Waals surface area contributed by atoms with Crippen LogP contribution in [0.25, 0.3) is 0 Å². The van der Waals surface area contributed by atoms with Gasteiger partial charge < -0.3 is 10.6 Å². The molecule has 19 heavy (non-hydrogen) atoms. The van der Waals surface area contributed by atoms with Crippen molar-refractivity contribution in [1.29, 1.82) is 0 Å². The van der Waals surface area contributed by atoms with Crippen LogP contribution in [0, 0.1) is 0 Å². The maximum absolute atomic E-state index is 4.26. The van der Waals surface area contributed by atoms with Gasteiger partial charge in [0.2, 0.25) is 0 Å². The van der Waals surface area contributed by atoms with Crippen LogP contribution in [0.4, 0.5) is 0 Å². The lowest BCUT2D eigenvalue weighted by molar-refractivity contribution is 0.681. The van der Waals surface area contributed by atoms with Gasteiger partial charge in [-0.2, -0.15) is 11.8 Å². The van der Waals surface area contributed by atoms with Crippen LogP contribution in [-0.2, 0) is 0 Å². The first kappa shape index (κ1) is 16.4. The van der Waals surface area contributed by atoms with E-state index in [9.17, 15) is 0 Å². The fourth-order valence-corrected chi connectivity index (χ4v) is 2.51. The Morgan fingerprint density at radius 1 is 1.37 bits per heavy atom. The highest BCUT2D eigenvalue weighted by Crippen LogP contribution is 2.22. The zero-order valence-corrected chi connectivity index (χ0v) is 14.3. The van der Waals surface area contributed by atoms with Gasteiger partial charge in [-0.05, 0) is 24.8 Å². The zero-order valence-electron chi connectivity index (χ0n) is 11.9. The van der Waals surface area contributed by atoms with E-state index in [4.69, 9.17) is 0 Å². The van der Waals surface area contributed by atoms with Crippen LogP contribution in [-0.4, -0.2) is 31.1 Å². The smallest absolute Gasteiger partial charge is 0.191 e. The Hall–Kier alpha value is -0.680. The average Bonchev–Trinajstić information content (AvgIpc) is 2.43. The summed E-state index contributed by atoms with van der Waals surface area (Å²) in [7, 11) is 1.80. The van der Waals surface area contributed by atoms with Gasteiger partial charge in [0.1, 0.15) is 0 Å². The Balaban J connectivity index is 2.59. The highest BCUT2D eigenvalue weighted by Gasteiger charge is 2.10. The van der Waals surface area contributed by atoms with Gasteiger partial charge in [-0.25, -0.2) is 0 Å². The van der Waals surface area contributed by atoms with Crippen LogP contribution in [0.1, 0.15) is 25.5 Å². The Morgan fingerprint density at radius 3 is 2.63 bits per heavy atom. The summed E-state index contributed by atoms with van der Waals surface area (Å²) in [5, 5.41) is 7.31. The van der Waals surface area contributed by atoms with Crippen molar-refractivity contribution in [2.45, 2.75) is 25.1 Å². The number of nitrogens with zero attached hydrogens (tertiary/aromatic N) is 1. The molecule has 2 N–H and O–H groups in total. The molecule has 2 atom stereocenters. The second kappa shape index (κ2) is 8.48. The lowest BCUT2D eigenvalue weighted by atomic mass is 10.1. The van der Waals surface area contributed by atoms with Crippen molar-refractivity contribution in [2.75, 3.05) is 19.8 Å². The van der Waals surface area contributed by atoms with Gasteiger partial charge >= 0.3 is 0 Å². The van der Waals surface area contributed by atoms with Crippen molar-refractivity contribution in [3.8, 4) is 0 Å². The fraction of sp³-hybridized carbons (Fsp3) is 0.500. The molecule has 106 valence electrons. The zero-order chi connectivity index (χ0) is 14.3. The van der Waals surface area contributed by atoms with Gasteiger partial charge in [0.05, 0.1) is 6.04 Å². The number of benzene rings is 1. The van der Waals surface area contributed by atoms with E-state index >= 15 is 0 Å². The molecular weight excluding hydrogens is 322 g/mol. The molecule has 0 spiro atoms. The van der Waals surface area contributed by atoms with Crippen molar-refractivity contribution in [2.24, 2.45) is 4.99 Å². The molecule has 0 fully saturated rings. The molecule has 0 saturated carbocycles. The number of halogens is 1. The van der Waals surface area contributed by atoms with E-state index < -0.39 is 0 Å². The minimum Gasteiger partial charge on any atom is -0.355 e. The summed E-state index contributed by atoms with van der Waals surface area (Å²) in [5.74, 6) is 0.837. The number of thioether (sulfide) groups is 1. The van der Waals surface area contributed by atoms with Crippen LogP contribution < -0.4 is 10.6 Å². The Morgan fingerprint density at radius 2 is 2.05 bits per heavy atom. The van der Waals surface area contributed by atoms with E-state index in [2.05, 4.69) is 63.8 Å². The van der Waals surface area contributed by atoms with Crippen LogP contribution in [0.3, 0.4) is 0 Å². The molecule has 1 aromatic carbocycles. The normalized spacial score (nSPS) is 14.9. The molecule has 0 amide bonds. The van der Waals surface area contributed by atoms with Gasteiger partial charge in [0.15, 0.2) is 5.96 Å². The molecule has 0 saturated heterocycles. The van der Waals surface area contributed by atoms with E-state index in [0.29, 0.717) is 5.25 Å². The summed E-state index contributed by atoms with van der Waals surface area (Å²) in [4.78, 5) is 4.26. The molecule has 0 bridgehead atoms. The van der Waals surface area contributed by atoms with Crippen molar-refractivity contribution < 1.29 is 0 Å². The minimum absolute atomic E-state index is 0.200. The fourth-order valence-electron chi connectivity index (χ4n) is 1.63. The SMILES string of the molecule is CN=C(NCC(C)SC)NC(C)c1ccccc1Br. The largest absolute Gasteiger partial charge is 0.355 e. The summed E-state index contributed by atoms with van der Waals surface area (Å²) in [6.07, 6.45) is 2.12. The highest BCUT2D eigenvalue weighted by atomic mass is 79.9. The Kier molecular flexibility index (Phi) is 7.31. The van der Waals surface area contributed by atoms with Gasteiger partial charge in [-0.3, -0.25) is 4.99 Å². The third-order valence-corrected chi connectivity index (χ3v) is 4.60. The molecule has 5 heteroatoms. The maximum Gasteiger partial charge on any atom is 0.191 e. The van der Waals surface area contributed by atoms with Gasteiger partial charge in [-0.15, -0.1) is 0 Å². The van der Waals surface area contributed by atoms with Gasteiger partial charge in [0.25, 0.3) is 0 Å². The summed E-state index contributed by atoms with van der Waals surface area (Å²) < 4.78 is 1.11. The summed E-state index contributed by atoms with van der Waals surface area (Å²) in [6, 6.07) is 8.43. The predicted octanol–water partition coefficient (Wildman–Crippen LogP) is 3.43. The molecule has 2 unspecified atom stereocenters. The molecule has 3 nitrogen and oxygen atoms in total. The van der Waals surface area contributed by atoms with Crippen LogP contribution in [0.2, 0.25) is 0 Å².